The molecule has 5 nitrogen and oxygen atoms in total. The third kappa shape index (κ3) is 3.15. The number of H-pyrrole nitrogens is 1. The van der Waals surface area contributed by atoms with Crippen molar-refractivity contribution in [1.82, 2.24) is 14.1 Å². The number of ether oxygens (including phenoxy) is 1. The van der Waals surface area contributed by atoms with Crippen molar-refractivity contribution in [3.8, 4) is 11.6 Å². The summed E-state index contributed by atoms with van der Waals surface area (Å²) in [4.78, 5) is 3.71. The van der Waals surface area contributed by atoms with Crippen LogP contribution in [-0.2, 0) is 6.42 Å². The Balaban J connectivity index is 1.60. The Morgan fingerprint density at radius 1 is 1.03 bits per heavy atom. The molecule has 0 spiro atoms. The lowest BCUT2D eigenvalue weighted by Gasteiger charge is -2.27. The van der Waals surface area contributed by atoms with Crippen molar-refractivity contribution in [2.45, 2.75) is 57.5 Å². The van der Waals surface area contributed by atoms with Crippen LogP contribution in [0.1, 0.15) is 72.3 Å². The first kappa shape index (κ1) is 20.6. The summed E-state index contributed by atoms with van der Waals surface area (Å²) in [5, 5.41) is 12.7. The lowest BCUT2D eigenvalue weighted by molar-refractivity contribution is 0.309. The first-order chi connectivity index (χ1) is 16.1. The van der Waals surface area contributed by atoms with Gasteiger partial charge in [-0.05, 0) is 67.4 Å². The number of imidazole rings is 1. The summed E-state index contributed by atoms with van der Waals surface area (Å²) in [5.41, 5.74) is 6.81. The fraction of sp³-hybridized carbons (Fsp3) is 0.370. The lowest BCUT2D eigenvalue weighted by atomic mass is 9.92. The number of nitrogens with zero attached hydrogens (tertiary/aromatic N) is 2. The van der Waals surface area contributed by atoms with Gasteiger partial charge in [-0.15, -0.1) is 0 Å². The zero-order chi connectivity index (χ0) is 22.7. The van der Waals surface area contributed by atoms with Crippen LogP contribution in [0.2, 0.25) is 0 Å². The number of aromatic amines is 1. The second-order valence-corrected chi connectivity index (χ2v) is 9.87. The normalized spacial score (nSPS) is 18.3. The summed E-state index contributed by atoms with van der Waals surface area (Å²) in [7, 11) is 1.68. The summed E-state index contributed by atoms with van der Waals surface area (Å²) in [6.45, 7) is 2.13. The van der Waals surface area contributed by atoms with Gasteiger partial charge in [0.2, 0.25) is 5.88 Å². The molecule has 4 aromatic rings. The molecule has 0 radical (unpaired) electrons. The number of methoxy groups -OCH3 is 1. The number of benzene rings is 2. The number of aromatic hydroxyl groups is 1. The third-order valence-corrected chi connectivity index (χ3v) is 7.92. The van der Waals surface area contributed by atoms with Crippen LogP contribution < -0.4 is 4.74 Å². The molecule has 2 aromatic carbocycles. The molecule has 6 heteroatoms. The van der Waals surface area contributed by atoms with Crippen LogP contribution in [0.5, 0.6) is 11.6 Å². The highest BCUT2D eigenvalue weighted by Crippen LogP contribution is 2.45. The second-order valence-electron chi connectivity index (χ2n) is 9.50. The summed E-state index contributed by atoms with van der Waals surface area (Å²) in [6, 6.07) is 14.9. The standard InChI is InChI=1S/C27H29N3O2S/c1-16-8-13-22-20(14-16)21-15-23-26(31)29(18-6-4-3-5-7-18)27(33)30(23)25(24(21)28-22)17-9-11-19(32-2)12-10-17/h8-14,18,25,28,31H,3-7,15H2,1-2H3. The maximum Gasteiger partial charge on any atom is 0.214 e. The molecule has 1 fully saturated rings. The number of hydrogen-bond donors (Lipinski definition) is 2. The van der Waals surface area contributed by atoms with Gasteiger partial charge in [-0.1, -0.05) is 43.0 Å². The van der Waals surface area contributed by atoms with Gasteiger partial charge in [-0.2, -0.15) is 0 Å². The number of aromatic nitrogens is 3. The fourth-order valence-electron chi connectivity index (χ4n) is 5.87. The van der Waals surface area contributed by atoms with Crippen LogP contribution in [0.4, 0.5) is 0 Å². The molecule has 170 valence electrons. The van der Waals surface area contributed by atoms with Crippen molar-refractivity contribution in [2.24, 2.45) is 0 Å². The Hall–Kier alpha value is -2.99. The van der Waals surface area contributed by atoms with Gasteiger partial charge < -0.3 is 19.4 Å². The van der Waals surface area contributed by atoms with E-state index in [9.17, 15) is 5.11 Å². The molecule has 1 aliphatic carbocycles. The molecule has 0 amide bonds. The van der Waals surface area contributed by atoms with Gasteiger partial charge in [0, 0.05) is 29.1 Å². The highest BCUT2D eigenvalue weighted by atomic mass is 32.1. The molecule has 6 rings (SSSR count). The maximum absolute atomic E-state index is 11.5. The second kappa shape index (κ2) is 7.80. The monoisotopic (exact) mass is 459 g/mol. The highest BCUT2D eigenvalue weighted by molar-refractivity contribution is 7.71. The topological polar surface area (TPSA) is 55.1 Å². The van der Waals surface area contributed by atoms with Crippen molar-refractivity contribution < 1.29 is 9.84 Å². The summed E-state index contributed by atoms with van der Waals surface area (Å²) < 4.78 is 10.3. The molecule has 1 unspecified atom stereocenters. The van der Waals surface area contributed by atoms with Gasteiger partial charge in [0.15, 0.2) is 4.77 Å². The van der Waals surface area contributed by atoms with E-state index in [0.29, 0.717) is 12.3 Å². The van der Waals surface area contributed by atoms with E-state index in [-0.39, 0.29) is 12.1 Å². The molecule has 1 saturated carbocycles. The van der Waals surface area contributed by atoms with Crippen LogP contribution in [0.3, 0.4) is 0 Å². The Labute approximate surface area is 198 Å². The number of aryl methyl sites for hydroxylation is 1. The molecule has 2 aliphatic rings. The van der Waals surface area contributed by atoms with E-state index in [4.69, 9.17) is 17.0 Å². The number of fused-ring (bicyclic) bond motifs is 4. The van der Waals surface area contributed by atoms with Crippen LogP contribution in [0, 0.1) is 11.7 Å². The molecule has 1 atom stereocenters. The zero-order valence-electron chi connectivity index (χ0n) is 19.1. The van der Waals surface area contributed by atoms with E-state index in [2.05, 4.69) is 46.8 Å². The molecule has 1 aliphatic heterocycles. The van der Waals surface area contributed by atoms with E-state index >= 15 is 0 Å². The summed E-state index contributed by atoms with van der Waals surface area (Å²) >= 11 is 6.06. The van der Waals surface area contributed by atoms with Gasteiger partial charge in [0.25, 0.3) is 0 Å². The highest BCUT2D eigenvalue weighted by Gasteiger charge is 2.35. The van der Waals surface area contributed by atoms with E-state index in [1.54, 1.807) is 7.11 Å². The minimum atomic E-state index is -0.120. The Kier molecular flexibility index (Phi) is 4.87. The van der Waals surface area contributed by atoms with Gasteiger partial charge in [-0.3, -0.25) is 4.57 Å². The first-order valence-corrected chi connectivity index (χ1v) is 12.3. The number of hydrogen-bond acceptors (Lipinski definition) is 3. The summed E-state index contributed by atoms with van der Waals surface area (Å²) in [5.74, 6) is 1.17. The Morgan fingerprint density at radius 2 is 1.79 bits per heavy atom. The minimum Gasteiger partial charge on any atom is -0.497 e. The first-order valence-electron chi connectivity index (χ1n) is 11.9. The van der Waals surface area contributed by atoms with Crippen LogP contribution in [0.15, 0.2) is 42.5 Å². The Bertz CT molecular complexity index is 1400. The smallest absolute Gasteiger partial charge is 0.214 e. The quantitative estimate of drug-likeness (QED) is 0.300. The molecule has 0 saturated heterocycles. The predicted molar refractivity (Wildman–Crippen MR) is 133 cm³/mol. The summed E-state index contributed by atoms with van der Waals surface area (Å²) in [6.07, 6.45) is 6.47. The van der Waals surface area contributed by atoms with Crippen molar-refractivity contribution in [3.63, 3.8) is 0 Å². The molecule has 3 heterocycles. The average molecular weight is 460 g/mol. The maximum atomic E-state index is 11.5. The molecule has 2 N–H and O–H groups in total. The Morgan fingerprint density at radius 3 is 2.52 bits per heavy atom. The largest absolute Gasteiger partial charge is 0.497 e. The fourth-order valence-corrected chi connectivity index (χ4v) is 6.32. The van der Waals surface area contributed by atoms with E-state index in [1.165, 1.54) is 35.8 Å². The van der Waals surface area contributed by atoms with E-state index in [1.807, 2.05) is 16.7 Å². The van der Waals surface area contributed by atoms with Crippen LogP contribution in [0.25, 0.3) is 10.9 Å². The van der Waals surface area contributed by atoms with Gasteiger partial charge in [0.1, 0.15) is 11.8 Å². The number of nitrogens with one attached hydrogen (secondary N) is 1. The third-order valence-electron chi connectivity index (χ3n) is 7.53. The number of rotatable bonds is 3. The van der Waals surface area contributed by atoms with Crippen molar-refractivity contribution in [2.75, 3.05) is 7.11 Å². The SMILES string of the molecule is COc1ccc(C2c3[nH]c4ccc(C)cc4c3Cc3c(O)n(C4CCCCC4)c(=S)n32)cc1. The van der Waals surface area contributed by atoms with Crippen molar-refractivity contribution >= 4 is 23.1 Å². The molecule has 33 heavy (non-hydrogen) atoms. The molecule has 2 aromatic heterocycles. The van der Waals surface area contributed by atoms with E-state index in [0.717, 1.165) is 45.8 Å². The molecular formula is C27H29N3O2S. The minimum absolute atomic E-state index is 0.120. The average Bonchev–Trinajstić information content (AvgIpc) is 3.32. The van der Waals surface area contributed by atoms with E-state index < -0.39 is 0 Å². The lowest BCUT2D eigenvalue weighted by Crippen LogP contribution is -2.22. The van der Waals surface area contributed by atoms with Crippen molar-refractivity contribution in [1.29, 1.82) is 0 Å². The zero-order valence-corrected chi connectivity index (χ0v) is 19.9. The molecule has 0 bridgehead atoms. The van der Waals surface area contributed by atoms with Crippen molar-refractivity contribution in [3.05, 3.63) is 75.3 Å². The van der Waals surface area contributed by atoms with Gasteiger partial charge >= 0.3 is 0 Å². The van der Waals surface area contributed by atoms with Gasteiger partial charge in [-0.25, -0.2) is 0 Å². The molecular weight excluding hydrogens is 430 g/mol. The van der Waals surface area contributed by atoms with Gasteiger partial charge in [0.05, 0.1) is 12.8 Å². The predicted octanol–water partition coefficient (Wildman–Crippen LogP) is 6.57. The van der Waals surface area contributed by atoms with Crippen LogP contribution >= 0.6 is 12.2 Å². The van der Waals surface area contributed by atoms with Crippen LogP contribution in [-0.4, -0.2) is 26.3 Å².